The van der Waals surface area contributed by atoms with Crippen LogP contribution in [0.2, 0.25) is 0 Å². The highest BCUT2D eigenvalue weighted by molar-refractivity contribution is 5.94. The molecule has 0 bridgehead atoms. The normalized spacial score (nSPS) is 21.5. The van der Waals surface area contributed by atoms with Gasteiger partial charge in [-0.2, -0.15) is 0 Å². The highest BCUT2D eigenvalue weighted by atomic mass is 16.3. The van der Waals surface area contributed by atoms with Crippen LogP contribution < -0.4 is 11.1 Å². The van der Waals surface area contributed by atoms with Crippen LogP contribution in [0.4, 0.5) is 4.79 Å². The average Bonchev–Trinajstić information content (AvgIpc) is 2.51. The van der Waals surface area contributed by atoms with Gasteiger partial charge in [-0.3, -0.25) is 15.0 Å². The third-order valence-electron chi connectivity index (χ3n) is 2.54. The van der Waals surface area contributed by atoms with Crippen LogP contribution >= 0.6 is 0 Å². The van der Waals surface area contributed by atoms with Gasteiger partial charge in [0.2, 0.25) is 5.91 Å². The summed E-state index contributed by atoms with van der Waals surface area (Å²) in [6.07, 6.45) is 1.76. The molecule has 1 fully saturated rings. The Balaban J connectivity index is 2.23. The summed E-state index contributed by atoms with van der Waals surface area (Å²) in [6, 6.07) is -0.814. The fraction of sp³-hybridized carbons (Fsp3) is 0.778. The summed E-state index contributed by atoms with van der Waals surface area (Å²) in [5.41, 5.74) is 4.82. The van der Waals surface area contributed by atoms with Crippen molar-refractivity contribution in [3.8, 4) is 0 Å². The molecule has 1 aliphatic rings. The fourth-order valence-corrected chi connectivity index (χ4v) is 1.85. The summed E-state index contributed by atoms with van der Waals surface area (Å²) in [7, 11) is 0. The number of aliphatic hydroxyl groups is 1. The molecule has 0 saturated carbocycles. The van der Waals surface area contributed by atoms with Crippen LogP contribution in [0.3, 0.4) is 0 Å². The van der Waals surface area contributed by atoms with Crippen molar-refractivity contribution in [1.82, 2.24) is 10.2 Å². The second-order valence-electron chi connectivity index (χ2n) is 3.81. The Kier molecular flexibility index (Phi) is 4.51. The van der Waals surface area contributed by atoms with Crippen molar-refractivity contribution in [2.75, 3.05) is 26.2 Å². The van der Waals surface area contributed by atoms with Gasteiger partial charge in [0.05, 0.1) is 6.54 Å². The SMILES string of the molecule is NC(=O)NC(=O)CN1CCC(CCO)C1. The first-order valence-corrected chi connectivity index (χ1v) is 5.04. The number of urea groups is 1. The van der Waals surface area contributed by atoms with Crippen molar-refractivity contribution >= 4 is 11.9 Å². The minimum atomic E-state index is -0.814. The average molecular weight is 215 g/mol. The molecule has 0 aromatic rings. The molecule has 0 aromatic carbocycles. The lowest BCUT2D eigenvalue weighted by atomic mass is 10.1. The molecule has 1 atom stereocenters. The van der Waals surface area contributed by atoms with E-state index in [2.05, 4.69) is 0 Å². The van der Waals surface area contributed by atoms with Gasteiger partial charge in [-0.15, -0.1) is 0 Å². The minimum Gasteiger partial charge on any atom is -0.396 e. The number of amides is 3. The zero-order valence-corrected chi connectivity index (χ0v) is 8.61. The van der Waals surface area contributed by atoms with Crippen LogP contribution in [0.15, 0.2) is 0 Å². The molecule has 0 aliphatic carbocycles. The van der Waals surface area contributed by atoms with Gasteiger partial charge in [0, 0.05) is 13.2 Å². The summed E-state index contributed by atoms with van der Waals surface area (Å²) in [4.78, 5) is 23.5. The number of rotatable bonds is 4. The number of nitrogens with one attached hydrogen (secondary N) is 1. The van der Waals surface area contributed by atoms with Crippen LogP contribution in [0.5, 0.6) is 0 Å². The molecule has 6 nitrogen and oxygen atoms in total. The third kappa shape index (κ3) is 4.26. The molecule has 86 valence electrons. The lowest BCUT2D eigenvalue weighted by molar-refractivity contribution is -0.120. The topological polar surface area (TPSA) is 95.7 Å². The molecular formula is C9H17N3O3. The predicted molar refractivity (Wildman–Crippen MR) is 54.0 cm³/mol. The van der Waals surface area contributed by atoms with E-state index in [0.717, 1.165) is 25.9 Å². The number of primary amides is 1. The number of nitrogens with zero attached hydrogens (tertiary/aromatic N) is 1. The summed E-state index contributed by atoms with van der Waals surface area (Å²) in [5, 5.41) is 10.8. The predicted octanol–water partition coefficient (Wildman–Crippen LogP) is -1.11. The fourth-order valence-electron chi connectivity index (χ4n) is 1.85. The molecule has 4 N–H and O–H groups in total. The summed E-state index contributed by atoms with van der Waals surface area (Å²) in [6.45, 7) is 2.01. The van der Waals surface area contributed by atoms with E-state index >= 15 is 0 Å². The van der Waals surface area contributed by atoms with Crippen LogP contribution in [0, 0.1) is 5.92 Å². The molecule has 3 amide bonds. The lowest BCUT2D eigenvalue weighted by Gasteiger charge is -2.14. The molecule has 1 rings (SSSR count). The first-order valence-electron chi connectivity index (χ1n) is 5.04. The Hall–Kier alpha value is -1.14. The van der Waals surface area contributed by atoms with Gasteiger partial charge in [-0.25, -0.2) is 4.79 Å². The Labute approximate surface area is 88.4 Å². The van der Waals surface area contributed by atoms with Crippen molar-refractivity contribution in [2.45, 2.75) is 12.8 Å². The van der Waals surface area contributed by atoms with Crippen molar-refractivity contribution in [3.05, 3.63) is 0 Å². The number of aliphatic hydroxyl groups excluding tert-OH is 1. The number of nitrogens with two attached hydrogens (primary N) is 1. The Morgan fingerprint density at radius 3 is 2.87 bits per heavy atom. The largest absolute Gasteiger partial charge is 0.396 e. The van der Waals surface area contributed by atoms with Crippen molar-refractivity contribution in [1.29, 1.82) is 0 Å². The number of hydrogen-bond acceptors (Lipinski definition) is 4. The maximum Gasteiger partial charge on any atom is 0.318 e. The summed E-state index contributed by atoms with van der Waals surface area (Å²) < 4.78 is 0. The zero-order valence-electron chi connectivity index (χ0n) is 8.61. The Bertz CT molecular complexity index is 245. The van der Waals surface area contributed by atoms with E-state index in [4.69, 9.17) is 10.8 Å². The maximum atomic E-state index is 11.2. The quantitative estimate of drug-likeness (QED) is 0.554. The Morgan fingerprint density at radius 2 is 2.27 bits per heavy atom. The molecule has 1 heterocycles. The van der Waals surface area contributed by atoms with Gasteiger partial charge in [-0.1, -0.05) is 0 Å². The molecule has 1 unspecified atom stereocenters. The molecule has 1 saturated heterocycles. The number of likely N-dealkylation sites (tertiary alicyclic amines) is 1. The summed E-state index contributed by atoms with van der Waals surface area (Å²) >= 11 is 0. The highest BCUT2D eigenvalue weighted by Crippen LogP contribution is 2.18. The van der Waals surface area contributed by atoms with E-state index in [1.54, 1.807) is 0 Å². The number of carbonyl (C=O) groups is 2. The third-order valence-corrected chi connectivity index (χ3v) is 2.54. The number of carbonyl (C=O) groups excluding carboxylic acids is 2. The van der Waals surface area contributed by atoms with E-state index in [1.807, 2.05) is 10.2 Å². The molecule has 15 heavy (non-hydrogen) atoms. The highest BCUT2D eigenvalue weighted by Gasteiger charge is 2.23. The van der Waals surface area contributed by atoms with E-state index < -0.39 is 6.03 Å². The van der Waals surface area contributed by atoms with E-state index in [9.17, 15) is 9.59 Å². The molecule has 0 radical (unpaired) electrons. The molecule has 0 spiro atoms. The molecular weight excluding hydrogens is 198 g/mol. The van der Waals surface area contributed by atoms with E-state index in [0.29, 0.717) is 5.92 Å². The van der Waals surface area contributed by atoms with Gasteiger partial charge in [0.25, 0.3) is 0 Å². The zero-order chi connectivity index (χ0) is 11.3. The first-order chi connectivity index (χ1) is 7.11. The smallest absolute Gasteiger partial charge is 0.318 e. The first kappa shape index (κ1) is 11.9. The lowest BCUT2D eigenvalue weighted by Crippen LogP contribution is -2.41. The van der Waals surface area contributed by atoms with E-state index in [1.165, 1.54) is 0 Å². The van der Waals surface area contributed by atoms with Crippen molar-refractivity contribution in [2.24, 2.45) is 11.7 Å². The number of imide groups is 1. The van der Waals surface area contributed by atoms with Crippen LogP contribution in [-0.4, -0.2) is 48.2 Å². The second-order valence-corrected chi connectivity index (χ2v) is 3.81. The van der Waals surface area contributed by atoms with Crippen LogP contribution in [0.25, 0.3) is 0 Å². The standard InChI is InChI=1S/C9H17N3O3/c10-9(15)11-8(14)6-12-3-1-7(5-12)2-4-13/h7,13H,1-6H2,(H3,10,11,14,15). The second kappa shape index (κ2) is 5.67. The van der Waals surface area contributed by atoms with Crippen LogP contribution in [-0.2, 0) is 4.79 Å². The minimum absolute atomic E-state index is 0.186. The van der Waals surface area contributed by atoms with Gasteiger partial charge in [0.1, 0.15) is 0 Å². The van der Waals surface area contributed by atoms with Gasteiger partial charge >= 0.3 is 6.03 Å². The van der Waals surface area contributed by atoms with Crippen molar-refractivity contribution < 1.29 is 14.7 Å². The van der Waals surface area contributed by atoms with Crippen molar-refractivity contribution in [3.63, 3.8) is 0 Å². The number of hydrogen-bond donors (Lipinski definition) is 3. The molecule has 1 aliphatic heterocycles. The Morgan fingerprint density at radius 1 is 1.53 bits per heavy atom. The van der Waals surface area contributed by atoms with Crippen LogP contribution in [0.1, 0.15) is 12.8 Å². The monoisotopic (exact) mass is 215 g/mol. The van der Waals surface area contributed by atoms with E-state index in [-0.39, 0.29) is 19.1 Å². The summed E-state index contributed by atoms with van der Waals surface area (Å²) in [5.74, 6) is 0.0866. The van der Waals surface area contributed by atoms with Gasteiger partial charge in [0.15, 0.2) is 0 Å². The maximum absolute atomic E-state index is 11.2. The molecule has 6 heteroatoms. The van der Waals surface area contributed by atoms with Gasteiger partial charge in [-0.05, 0) is 25.3 Å². The molecule has 0 aromatic heterocycles. The van der Waals surface area contributed by atoms with Gasteiger partial charge < -0.3 is 10.8 Å².